The van der Waals surface area contributed by atoms with Crippen LogP contribution in [0.4, 0.5) is 0 Å². The van der Waals surface area contributed by atoms with Crippen molar-refractivity contribution >= 4 is 5.97 Å². The first kappa shape index (κ1) is 13.4. The van der Waals surface area contributed by atoms with Crippen molar-refractivity contribution in [1.29, 1.82) is 5.26 Å². The van der Waals surface area contributed by atoms with Gasteiger partial charge in [-0.05, 0) is 6.42 Å². The second kappa shape index (κ2) is 6.76. The summed E-state index contributed by atoms with van der Waals surface area (Å²) >= 11 is 0. The first-order chi connectivity index (χ1) is 7.06. The number of carbonyl (C=O) groups excluding carboxylic acids is 1. The number of esters is 1. The maximum absolute atomic E-state index is 11.0. The molecule has 0 N–H and O–H groups in total. The third-order valence-electron chi connectivity index (χ3n) is 2.07. The van der Waals surface area contributed by atoms with Gasteiger partial charge in [-0.3, -0.25) is 14.9 Å². The Balaban J connectivity index is 4.43. The fourth-order valence-corrected chi connectivity index (χ4v) is 1.26. The Hall–Kier alpha value is -1.64. The normalized spacial score (nSPS) is 13.7. The Kier molecular flexibility index (Phi) is 6.02. The molecular formula is C9H14N2O4. The van der Waals surface area contributed by atoms with Crippen LogP contribution >= 0.6 is 0 Å². The Morgan fingerprint density at radius 1 is 1.67 bits per heavy atom. The molecule has 0 aromatic heterocycles. The molecule has 6 nitrogen and oxygen atoms in total. The van der Waals surface area contributed by atoms with Gasteiger partial charge in [0.25, 0.3) is 0 Å². The van der Waals surface area contributed by atoms with E-state index in [-0.39, 0.29) is 6.42 Å². The summed E-state index contributed by atoms with van der Waals surface area (Å²) in [6, 6.07) is 0.869. The van der Waals surface area contributed by atoms with Gasteiger partial charge >= 0.3 is 5.97 Å². The molecule has 0 aliphatic rings. The predicted molar refractivity (Wildman–Crippen MR) is 51.4 cm³/mol. The highest BCUT2D eigenvalue weighted by Crippen LogP contribution is 2.14. The van der Waals surface area contributed by atoms with E-state index in [0.29, 0.717) is 12.8 Å². The Morgan fingerprint density at radius 3 is 2.60 bits per heavy atom. The van der Waals surface area contributed by atoms with Crippen molar-refractivity contribution in [1.82, 2.24) is 0 Å². The summed E-state index contributed by atoms with van der Waals surface area (Å²) in [5.41, 5.74) is 0. The Morgan fingerprint density at radius 2 is 2.27 bits per heavy atom. The van der Waals surface area contributed by atoms with Crippen molar-refractivity contribution in [3.63, 3.8) is 0 Å². The first-order valence-corrected chi connectivity index (χ1v) is 4.67. The van der Waals surface area contributed by atoms with Gasteiger partial charge in [0.05, 0.1) is 13.2 Å². The van der Waals surface area contributed by atoms with Gasteiger partial charge in [0, 0.05) is 17.8 Å². The van der Waals surface area contributed by atoms with E-state index in [1.54, 1.807) is 6.07 Å². The van der Waals surface area contributed by atoms with Crippen LogP contribution in [-0.2, 0) is 9.53 Å². The zero-order valence-electron chi connectivity index (χ0n) is 8.80. The largest absolute Gasteiger partial charge is 0.468 e. The molecule has 15 heavy (non-hydrogen) atoms. The van der Waals surface area contributed by atoms with Crippen molar-refractivity contribution in [3.05, 3.63) is 10.1 Å². The topological polar surface area (TPSA) is 93.2 Å². The molecule has 0 rings (SSSR count). The number of carbonyl (C=O) groups is 1. The van der Waals surface area contributed by atoms with E-state index < -0.39 is 22.9 Å². The molecule has 0 aromatic rings. The molecule has 0 aliphatic carbocycles. The van der Waals surface area contributed by atoms with Gasteiger partial charge in [-0.15, -0.1) is 0 Å². The molecule has 0 heterocycles. The average Bonchev–Trinajstić information content (AvgIpc) is 2.22. The summed E-state index contributed by atoms with van der Waals surface area (Å²) < 4.78 is 4.38. The molecule has 0 bridgehead atoms. The van der Waals surface area contributed by atoms with Crippen molar-refractivity contribution in [2.45, 2.75) is 32.2 Å². The smallest absolute Gasteiger partial charge is 0.323 e. The predicted octanol–water partition coefficient (Wildman–Crippen LogP) is 1.13. The van der Waals surface area contributed by atoms with E-state index in [9.17, 15) is 14.9 Å². The van der Waals surface area contributed by atoms with Crippen LogP contribution in [0.1, 0.15) is 26.2 Å². The molecule has 0 amide bonds. The molecule has 0 aromatic carbocycles. The fraction of sp³-hybridized carbons (Fsp3) is 0.778. The minimum Gasteiger partial charge on any atom is -0.468 e. The number of hydrogen-bond acceptors (Lipinski definition) is 5. The van der Waals surface area contributed by atoms with E-state index in [1.807, 2.05) is 6.92 Å². The van der Waals surface area contributed by atoms with Crippen LogP contribution < -0.4 is 0 Å². The highest BCUT2D eigenvalue weighted by atomic mass is 16.6. The number of rotatable bonds is 6. The standard InChI is InChI=1S/C9H14N2O4/c1-3-4-8(11(13)14)5-7(6-10)9(12)15-2/h7-8H,3-5H2,1-2H3. The van der Waals surface area contributed by atoms with Crippen molar-refractivity contribution in [3.8, 4) is 6.07 Å². The summed E-state index contributed by atoms with van der Waals surface area (Å²) in [4.78, 5) is 21.2. The Bertz CT molecular complexity index is 272. The SMILES string of the molecule is CCCC(CC(C#N)C(=O)OC)[N+](=O)[O-]. The number of ether oxygens (including phenoxy) is 1. The molecule has 0 aliphatic heterocycles. The quantitative estimate of drug-likeness (QED) is 0.375. The molecule has 0 radical (unpaired) electrons. The monoisotopic (exact) mass is 214 g/mol. The molecule has 0 saturated carbocycles. The van der Waals surface area contributed by atoms with Gasteiger partial charge in [0.2, 0.25) is 6.04 Å². The number of nitriles is 1. The average molecular weight is 214 g/mol. The van der Waals surface area contributed by atoms with Crippen molar-refractivity contribution < 1.29 is 14.5 Å². The van der Waals surface area contributed by atoms with E-state index >= 15 is 0 Å². The third-order valence-corrected chi connectivity index (χ3v) is 2.07. The van der Waals surface area contributed by atoms with Gasteiger partial charge in [-0.25, -0.2) is 0 Å². The number of nitro groups is 1. The zero-order chi connectivity index (χ0) is 11.8. The van der Waals surface area contributed by atoms with E-state index in [4.69, 9.17) is 5.26 Å². The number of methoxy groups -OCH3 is 1. The molecular weight excluding hydrogens is 200 g/mol. The molecule has 2 unspecified atom stereocenters. The summed E-state index contributed by atoms with van der Waals surface area (Å²) in [5, 5.41) is 19.2. The lowest BCUT2D eigenvalue weighted by Gasteiger charge is -2.10. The number of hydrogen-bond donors (Lipinski definition) is 0. The van der Waals surface area contributed by atoms with Gasteiger partial charge in [0.1, 0.15) is 0 Å². The summed E-state index contributed by atoms with van der Waals surface area (Å²) in [7, 11) is 1.16. The summed E-state index contributed by atoms with van der Waals surface area (Å²) in [6.07, 6.45) is 0.928. The van der Waals surface area contributed by atoms with Gasteiger partial charge in [-0.2, -0.15) is 5.26 Å². The summed E-state index contributed by atoms with van der Waals surface area (Å²) in [5.74, 6) is -1.75. The highest BCUT2D eigenvalue weighted by Gasteiger charge is 2.29. The van der Waals surface area contributed by atoms with Crippen LogP contribution in [0.3, 0.4) is 0 Å². The van der Waals surface area contributed by atoms with Crippen LogP contribution in [-0.4, -0.2) is 24.0 Å². The lowest BCUT2D eigenvalue weighted by Crippen LogP contribution is -2.26. The molecule has 0 spiro atoms. The highest BCUT2D eigenvalue weighted by molar-refractivity contribution is 5.75. The van der Waals surface area contributed by atoms with Crippen LogP contribution in [0.5, 0.6) is 0 Å². The van der Waals surface area contributed by atoms with Crippen LogP contribution in [0, 0.1) is 27.4 Å². The maximum Gasteiger partial charge on any atom is 0.323 e. The number of nitrogens with zero attached hydrogens (tertiary/aromatic N) is 2. The first-order valence-electron chi connectivity index (χ1n) is 4.67. The second-order valence-electron chi connectivity index (χ2n) is 3.17. The van der Waals surface area contributed by atoms with E-state index in [2.05, 4.69) is 4.74 Å². The van der Waals surface area contributed by atoms with E-state index in [1.165, 1.54) is 0 Å². The minimum absolute atomic E-state index is 0.0794. The maximum atomic E-state index is 11.0. The molecule has 2 atom stereocenters. The Labute approximate surface area is 88.0 Å². The summed E-state index contributed by atoms with van der Waals surface area (Å²) in [6.45, 7) is 1.82. The second-order valence-corrected chi connectivity index (χ2v) is 3.17. The van der Waals surface area contributed by atoms with Crippen molar-refractivity contribution in [2.75, 3.05) is 7.11 Å². The minimum atomic E-state index is -1.04. The van der Waals surface area contributed by atoms with Gasteiger partial charge in [0.15, 0.2) is 5.92 Å². The molecule has 84 valence electrons. The van der Waals surface area contributed by atoms with Crippen LogP contribution in [0.2, 0.25) is 0 Å². The van der Waals surface area contributed by atoms with E-state index in [0.717, 1.165) is 7.11 Å². The van der Waals surface area contributed by atoms with Crippen LogP contribution in [0.15, 0.2) is 0 Å². The molecule has 6 heteroatoms. The van der Waals surface area contributed by atoms with Crippen LogP contribution in [0.25, 0.3) is 0 Å². The lowest BCUT2D eigenvalue weighted by atomic mass is 9.99. The fourth-order valence-electron chi connectivity index (χ4n) is 1.26. The lowest BCUT2D eigenvalue weighted by molar-refractivity contribution is -0.525. The van der Waals surface area contributed by atoms with Gasteiger partial charge in [-0.1, -0.05) is 6.92 Å². The third kappa shape index (κ3) is 4.40. The molecule has 0 fully saturated rings. The molecule has 0 saturated heterocycles. The zero-order valence-corrected chi connectivity index (χ0v) is 8.80. The van der Waals surface area contributed by atoms with Crippen molar-refractivity contribution in [2.24, 2.45) is 5.92 Å². The van der Waals surface area contributed by atoms with Gasteiger partial charge < -0.3 is 4.74 Å².